The van der Waals surface area contributed by atoms with E-state index in [1.807, 2.05) is 19.1 Å². The first-order valence-electron chi connectivity index (χ1n) is 8.48. The Morgan fingerprint density at radius 3 is 2.48 bits per heavy atom. The number of hydrogen-bond acceptors (Lipinski definition) is 3. The Hall–Kier alpha value is -2.86. The zero-order chi connectivity index (χ0) is 19.8. The van der Waals surface area contributed by atoms with Crippen molar-refractivity contribution in [2.75, 3.05) is 11.9 Å². The SMILES string of the molecule is Cc1ccc([C@@]2(C)NC(=O)N(CC(=O)Nc3cccc(Cl)c3C)C2=O)cc1. The number of amides is 4. The van der Waals surface area contributed by atoms with Gasteiger partial charge in [0.15, 0.2) is 0 Å². The largest absolute Gasteiger partial charge is 0.325 e. The summed E-state index contributed by atoms with van der Waals surface area (Å²) < 4.78 is 0. The summed E-state index contributed by atoms with van der Waals surface area (Å²) in [6.45, 7) is 4.98. The van der Waals surface area contributed by atoms with Gasteiger partial charge in [-0.05, 0) is 44.0 Å². The van der Waals surface area contributed by atoms with Gasteiger partial charge in [0.05, 0.1) is 0 Å². The van der Waals surface area contributed by atoms with Crippen LogP contribution in [0.4, 0.5) is 10.5 Å². The van der Waals surface area contributed by atoms with E-state index in [1.54, 1.807) is 44.2 Å². The number of nitrogens with zero attached hydrogens (tertiary/aromatic N) is 1. The van der Waals surface area contributed by atoms with Gasteiger partial charge in [-0.1, -0.05) is 47.5 Å². The Bertz CT molecular complexity index is 927. The van der Waals surface area contributed by atoms with Crippen LogP contribution < -0.4 is 10.6 Å². The van der Waals surface area contributed by atoms with Crippen molar-refractivity contribution in [3.05, 3.63) is 64.2 Å². The number of anilines is 1. The number of hydrogen-bond donors (Lipinski definition) is 2. The summed E-state index contributed by atoms with van der Waals surface area (Å²) in [7, 11) is 0. The molecular formula is C20H20ClN3O3. The summed E-state index contributed by atoms with van der Waals surface area (Å²) in [5.74, 6) is -0.939. The molecule has 0 aliphatic carbocycles. The van der Waals surface area contributed by atoms with Crippen LogP contribution in [0.5, 0.6) is 0 Å². The summed E-state index contributed by atoms with van der Waals surface area (Å²) >= 11 is 6.05. The lowest BCUT2D eigenvalue weighted by atomic mass is 9.91. The predicted octanol–water partition coefficient (Wildman–Crippen LogP) is 3.36. The fourth-order valence-corrected chi connectivity index (χ4v) is 3.17. The van der Waals surface area contributed by atoms with Crippen molar-refractivity contribution in [3.8, 4) is 0 Å². The van der Waals surface area contributed by atoms with Crippen LogP contribution in [0.15, 0.2) is 42.5 Å². The molecule has 0 radical (unpaired) electrons. The Morgan fingerprint density at radius 2 is 1.81 bits per heavy atom. The Kier molecular flexibility index (Phi) is 4.93. The molecule has 7 heteroatoms. The van der Waals surface area contributed by atoms with Crippen molar-refractivity contribution in [2.45, 2.75) is 26.3 Å². The third-order valence-electron chi connectivity index (χ3n) is 4.75. The van der Waals surface area contributed by atoms with Crippen molar-refractivity contribution in [3.63, 3.8) is 0 Å². The van der Waals surface area contributed by atoms with Gasteiger partial charge in [-0.2, -0.15) is 0 Å². The first kappa shape index (κ1) is 18.9. The summed E-state index contributed by atoms with van der Waals surface area (Å²) in [5.41, 5.74) is 1.78. The predicted molar refractivity (Wildman–Crippen MR) is 104 cm³/mol. The van der Waals surface area contributed by atoms with E-state index in [0.717, 1.165) is 10.5 Å². The number of benzene rings is 2. The van der Waals surface area contributed by atoms with Crippen LogP contribution in [-0.2, 0) is 15.1 Å². The van der Waals surface area contributed by atoms with Gasteiger partial charge in [0.25, 0.3) is 5.91 Å². The van der Waals surface area contributed by atoms with Gasteiger partial charge in [-0.3, -0.25) is 14.5 Å². The number of rotatable bonds is 4. The summed E-state index contributed by atoms with van der Waals surface area (Å²) in [4.78, 5) is 38.5. The average Bonchev–Trinajstić information content (AvgIpc) is 2.83. The topological polar surface area (TPSA) is 78.5 Å². The highest BCUT2D eigenvalue weighted by Crippen LogP contribution is 2.29. The minimum Gasteiger partial charge on any atom is -0.324 e. The molecule has 3 rings (SSSR count). The van der Waals surface area contributed by atoms with Crippen LogP contribution in [-0.4, -0.2) is 29.3 Å². The highest BCUT2D eigenvalue weighted by molar-refractivity contribution is 6.31. The molecule has 1 aliphatic rings. The normalized spacial score (nSPS) is 19.2. The second-order valence-electron chi connectivity index (χ2n) is 6.77. The molecule has 1 aliphatic heterocycles. The molecule has 140 valence electrons. The van der Waals surface area contributed by atoms with Gasteiger partial charge >= 0.3 is 6.03 Å². The van der Waals surface area contributed by atoms with E-state index in [2.05, 4.69) is 10.6 Å². The maximum Gasteiger partial charge on any atom is 0.325 e. The van der Waals surface area contributed by atoms with Gasteiger partial charge in [0.2, 0.25) is 5.91 Å². The fourth-order valence-electron chi connectivity index (χ4n) is 3.00. The van der Waals surface area contributed by atoms with Gasteiger partial charge in [-0.25, -0.2) is 4.79 Å². The second-order valence-corrected chi connectivity index (χ2v) is 7.18. The van der Waals surface area contributed by atoms with Gasteiger partial charge in [-0.15, -0.1) is 0 Å². The standard InChI is InChI=1S/C20H20ClN3O3/c1-12-7-9-14(10-8-12)20(3)18(26)24(19(27)23-20)11-17(25)22-16-6-4-5-15(21)13(16)2/h4-10H,11H2,1-3H3,(H,22,25)(H,23,27)/t20-/m1/s1. The van der Waals surface area contributed by atoms with E-state index in [0.29, 0.717) is 21.8 Å². The highest BCUT2D eigenvalue weighted by atomic mass is 35.5. The number of halogens is 1. The quantitative estimate of drug-likeness (QED) is 0.792. The molecule has 1 atom stereocenters. The van der Waals surface area contributed by atoms with E-state index in [-0.39, 0.29) is 6.54 Å². The molecule has 4 amide bonds. The lowest BCUT2D eigenvalue weighted by Crippen LogP contribution is -2.42. The van der Waals surface area contributed by atoms with Crippen molar-refractivity contribution < 1.29 is 14.4 Å². The van der Waals surface area contributed by atoms with E-state index >= 15 is 0 Å². The number of urea groups is 1. The first-order valence-corrected chi connectivity index (χ1v) is 8.86. The van der Waals surface area contributed by atoms with E-state index in [9.17, 15) is 14.4 Å². The number of carbonyl (C=O) groups is 3. The van der Waals surface area contributed by atoms with Crippen LogP contribution in [0.2, 0.25) is 5.02 Å². The molecule has 0 unspecified atom stereocenters. The van der Waals surface area contributed by atoms with Crippen LogP contribution in [0.1, 0.15) is 23.6 Å². The van der Waals surface area contributed by atoms with E-state index in [1.165, 1.54) is 0 Å². The number of imide groups is 1. The molecule has 2 aromatic carbocycles. The molecule has 27 heavy (non-hydrogen) atoms. The van der Waals surface area contributed by atoms with Crippen LogP contribution in [0, 0.1) is 13.8 Å². The van der Waals surface area contributed by atoms with Crippen molar-refractivity contribution >= 4 is 35.1 Å². The molecular weight excluding hydrogens is 366 g/mol. The van der Waals surface area contributed by atoms with Crippen LogP contribution in [0.3, 0.4) is 0 Å². The number of carbonyl (C=O) groups excluding carboxylic acids is 3. The average molecular weight is 386 g/mol. The summed E-state index contributed by atoms with van der Waals surface area (Å²) in [5, 5.41) is 5.91. The third-order valence-corrected chi connectivity index (χ3v) is 5.16. The van der Waals surface area contributed by atoms with Crippen molar-refractivity contribution in [1.29, 1.82) is 0 Å². The van der Waals surface area contributed by atoms with Crippen molar-refractivity contribution in [2.24, 2.45) is 0 Å². The molecule has 2 aromatic rings. The van der Waals surface area contributed by atoms with Crippen molar-refractivity contribution in [1.82, 2.24) is 10.2 Å². The number of aryl methyl sites for hydroxylation is 1. The maximum atomic E-state index is 12.9. The molecule has 0 aromatic heterocycles. The molecule has 6 nitrogen and oxygen atoms in total. The number of nitrogens with one attached hydrogen (secondary N) is 2. The lowest BCUT2D eigenvalue weighted by molar-refractivity contribution is -0.133. The second kappa shape index (κ2) is 7.04. The minimum absolute atomic E-state index is 0.377. The summed E-state index contributed by atoms with van der Waals surface area (Å²) in [6, 6.07) is 11.9. The Morgan fingerprint density at radius 1 is 1.15 bits per heavy atom. The molecule has 1 fully saturated rings. The van der Waals surface area contributed by atoms with Crippen LogP contribution in [0.25, 0.3) is 0 Å². The smallest absolute Gasteiger partial charge is 0.324 e. The maximum absolute atomic E-state index is 12.9. The highest BCUT2D eigenvalue weighted by Gasteiger charge is 2.49. The Balaban J connectivity index is 1.76. The molecule has 1 heterocycles. The van der Waals surface area contributed by atoms with Crippen LogP contribution >= 0.6 is 11.6 Å². The van der Waals surface area contributed by atoms with Gasteiger partial charge < -0.3 is 10.6 Å². The zero-order valence-corrected chi connectivity index (χ0v) is 16.1. The zero-order valence-electron chi connectivity index (χ0n) is 15.3. The third kappa shape index (κ3) is 3.53. The van der Waals surface area contributed by atoms with Gasteiger partial charge in [0, 0.05) is 10.7 Å². The molecule has 0 saturated carbocycles. The van der Waals surface area contributed by atoms with Gasteiger partial charge in [0.1, 0.15) is 12.1 Å². The fraction of sp³-hybridized carbons (Fsp3) is 0.250. The Labute approximate surface area is 162 Å². The molecule has 2 N–H and O–H groups in total. The molecule has 1 saturated heterocycles. The first-order chi connectivity index (χ1) is 12.7. The summed E-state index contributed by atoms with van der Waals surface area (Å²) in [6.07, 6.45) is 0. The lowest BCUT2D eigenvalue weighted by Gasteiger charge is -2.22. The van der Waals surface area contributed by atoms with E-state index in [4.69, 9.17) is 11.6 Å². The minimum atomic E-state index is -1.20. The molecule has 0 spiro atoms. The monoisotopic (exact) mass is 385 g/mol. The van der Waals surface area contributed by atoms with E-state index < -0.39 is 23.4 Å². The molecule has 0 bridgehead atoms.